The molecule has 0 aliphatic heterocycles. The molecule has 31 heavy (non-hydrogen) atoms. The van der Waals surface area contributed by atoms with E-state index in [1.807, 2.05) is 43.8 Å². The van der Waals surface area contributed by atoms with Crippen LogP contribution in [0.4, 0.5) is 0 Å². The van der Waals surface area contributed by atoms with Crippen LogP contribution in [0.3, 0.4) is 0 Å². The Labute approximate surface area is 218 Å². The summed E-state index contributed by atoms with van der Waals surface area (Å²) in [5, 5.41) is 17.8. The number of amides is 1. The minimum Gasteiger partial charge on any atom is -0.535 e. The van der Waals surface area contributed by atoms with Gasteiger partial charge in [-0.25, -0.2) is 12.0 Å². The van der Waals surface area contributed by atoms with E-state index in [9.17, 15) is 10.1 Å². The third kappa shape index (κ3) is 8.05. The van der Waals surface area contributed by atoms with Gasteiger partial charge in [-0.2, -0.15) is 10.4 Å². The van der Waals surface area contributed by atoms with E-state index in [-0.39, 0.29) is 32.7 Å². The van der Waals surface area contributed by atoms with E-state index in [0.29, 0.717) is 40.6 Å². The summed E-state index contributed by atoms with van der Waals surface area (Å²) in [5.74, 6) is 0. The van der Waals surface area contributed by atoms with Crippen molar-refractivity contribution >= 4 is 41.4 Å². The predicted octanol–water partition coefficient (Wildman–Crippen LogP) is 5.32. The van der Waals surface area contributed by atoms with Crippen LogP contribution < -0.4 is 10.7 Å². The van der Waals surface area contributed by atoms with Gasteiger partial charge in [0.15, 0.2) is 0 Å². The number of carbonyl (C=O) groups is 1. The van der Waals surface area contributed by atoms with Crippen LogP contribution in [-0.4, -0.2) is 12.6 Å². The smallest absolute Gasteiger partial charge is 0.227 e. The molecule has 159 valence electrons. The van der Waals surface area contributed by atoms with Crippen LogP contribution in [0, 0.1) is 17.9 Å². The van der Waals surface area contributed by atoms with E-state index in [1.165, 1.54) is 6.21 Å². The SMILES string of the molecule is C=C(N[CH-]Cc1ccc(/C(C#N)=C(/C=N\NC=O)CC)cc1)C1=C(Cl)CCC=C1Cl.[Y]. The molecule has 2 rings (SSSR count). The zero-order valence-corrected chi connectivity index (χ0v) is 21.6. The van der Waals surface area contributed by atoms with Gasteiger partial charge in [0.25, 0.3) is 0 Å². The fourth-order valence-electron chi connectivity index (χ4n) is 2.96. The molecule has 0 saturated heterocycles. The summed E-state index contributed by atoms with van der Waals surface area (Å²) in [6, 6.07) is 9.94. The number of nitrogens with zero attached hydrogens (tertiary/aromatic N) is 2. The van der Waals surface area contributed by atoms with Crippen LogP contribution >= 0.6 is 23.2 Å². The molecule has 1 aromatic carbocycles. The quantitative estimate of drug-likeness (QED) is 0.141. The number of allylic oxidation sites excluding steroid dienone is 5. The van der Waals surface area contributed by atoms with Crippen molar-refractivity contribution in [1.82, 2.24) is 10.7 Å². The van der Waals surface area contributed by atoms with Crippen LogP contribution in [-0.2, 0) is 43.9 Å². The second kappa shape index (κ2) is 14.4. The molecule has 1 aliphatic rings. The Balaban J connectivity index is 0.00000480. The molecule has 0 unspecified atom stereocenters. The van der Waals surface area contributed by atoms with E-state index >= 15 is 0 Å². The molecule has 0 fully saturated rings. The molecule has 5 nitrogen and oxygen atoms in total. The van der Waals surface area contributed by atoms with Crippen molar-refractivity contribution in [3.63, 3.8) is 0 Å². The van der Waals surface area contributed by atoms with Crippen molar-refractivity contribution in [2.75, 3.05) is 0 Å². The fraction of sp³-hybridized carbons (Fsp3) is 0.217. The molecule has 0 atom stereocenters. The van der Waals surface area contributed by atoms with Gasteiger partial charge in [-0.05, 0) is 30.4 Å². The minimum atomic E-state index is 0. The molecule has 0 aromatic heterocycles. The molecule has 1 aromatic rings. The number of rotatable bonds is 10. The van der Waals surface area contributed by atoms with Crippen LogP contribution in [0.25, 0.3) is 5.57 Å². The maximum absolute atomic E-state index is 10.3. The second-order valence-corrected chi connectivity index (χ2v) is 7.33. The molecule has 2 N–H and O–H groups in total. The Kier molecular flexibility index (Phi) is 12.7. The number of halogens is 2. The van der Waals surface area contributed by atoms with Crippen molar-refractivity contribution in [3.05, 3.63) is 81.5 Å². The number of nitrogens with one attached hydrogen (secondary N) is 2. The number of hydrogen-bond donors (Lipinski definition) is 2. The standard InChI is InChI=1S/C23H23Cl2N4O.Y/c1-3-18(14-28-29-15-30)20(13-26)19-9-7-17(8-10-19)11-12-27-16(2)23-21(24)5-4-6-22(23)25;/h5,7-10,12,14-15,27H,2-4,6,11H2,1H3,(H,29,30);/q-1;/b20-18+,28-14-;. The molecular formula is C23H23Cl2N4OY-. The van der Waals surface area contributed by atoms with Crippen molar-refractivity contribution in [2.24, 2.45) is 5.10 Å². The number of benzene rings is 1. The Hall–Kier alpha value is -1.71. The average Bonchev–Trinajstić information content (AvgIpc) is 2.74. The van der Waals surface area contributed by atoms with Gasteiger partial charge in [-0.3, -0.25) is 4.79 Å². The summed E-state index contributed by atoms with van der Waals surface area (Å²) in [5.41, 5.74) is 6.78. The zero-order chi connectivity index (χ0) is 21.9. The first kappa shape index (κ1) is 27.3. The van der Waals surface area contributed by atoms with Crippen LogP contribution in [0.2, 0.25) is 0 Å². The van der Waals surface area contributed by atoms with E-state index in [2.05, 4.69) is 28.5 Å². The van der Waals surface area contributed by atoms with Gasteiger partial charge in [-0.1, -0.05) is 72.6 Å². The Bertz CT molecular complexity index is 957. The molecule has 1 aliphatic carbocycles. The third-order valence-electron chi connectivity index (χ3n) is 4.52. The van der Waals surface area contributed by atoms with Crippen molar-refractivity contribution < 1.29 is 37.5 Å². The number of carbonyl (C=O) groups excluding carboxylic acids is 1. The van der Waals surface area contributed by atoms with Crippen molar-refractivity contribution in [1.29, 1.82) is 5.26 Å². The van der Waals surface area contributed by atoms with Gasteiger partial charge in [0.1, 0.15) is 6.07 Å². The summed E-state index contributed by atoms with van der Waals surface area (Å²) in [6.45, 7) is 7.85. The number of nitriles is 1. The minimum absolute atomic E-state index is 0. The van der Waals surface area contributed by atoms with E-state index < -0.39 is 0 Å². The van der Waals surface area contributed by atoms with Gasteiger partial charge in [-0.15, -0.1) is 6.42 Å². The molecule has 0 saturated carbocycles. The summed E-state index contributed by atoms with van der Waals surface area (Å²) >= 11 is 12.5. The Morgan fingerprint density at radius 3 is 2.65 bits per heavy atom. The van der Waals surface area contributed by atoms with E-state index in [1.54, 1.807) is 0 Å². The molecular weight excluding hydrogens is 508 g/mol. The van der Waals surface area contributed by atoms with Gasteiger partial charge >= 0.3 is 0 Å². The topological polar surface area (TPSA) is 77.3 Å². The zero-order valence-electron chi connectivity index (χ0n) is 17.3. The first-order valence-electron chi connectivity index (χ1n) is 9.48. The van der Waals surface area contributed by atoms with Crippen LogP contribution in [0.1, 0.15) is 37.3 Å². The number of hydrazone groups is 1. The largest absolute Gasteiger partial charge is 0.535 e. The van der Waals surface area contributed by atoms with E-state index in [0.717, 1.165) is 35.1 Å². The predicted molar refractivity (Wildman–Crippen MR) is 123 cm³/mol. The molecule has 0 heterocycles. The molecule has 1 radical (unpaired) electrons. The van der Waals surface area contributed by atoms with Gasteiger partial charge in [0, 0.05) is 54.0 Å². The molecule has 0 bridgehead atoms. The monoisotopic (exact) mass is 530 g/mol. The fourth-order valence-corrected chi connectivity index (χ4v) is 3.67. The summed E-state index contributed by atoms with van der Waals surface area (Å²) < 4.78 is 0. The normalized spacial score (nSPS) is 14.2. The molecule has 0 spiro atoms. The Morgan fingerprint density at radius 1 is 1.35 bits per heavy atom. The first-order chi connectivity index (χ1) is 14.5. The third-order valence-corrected chi connectivity index (χ3v) is 5.24. The van der Waals surface area contributed by atoms with Gasteiger partial charge in [0.2, 0.25) is 6.41 Å². The second-order valence-electron chi connectivity index (χ2n) is 6.47. The molecule has 8 heteroatoms. The van der Waals surface area contributed by atoms with Crippen LogP contribution in [0.15, 0.2) is 68.9 Å². The first-order valence-corrected chi connectivity index (χ1v) is 10.2. The van der Waals surface area contributed by atoms with Crippen molar-refractivity contribution in [3.8, 4) is 6.07 Å². The Morgan fingerprint density at radius 2 is 2.06 bits per heavy atom. The van der Waals surface area contributed by atoms with Crippen molar-refractivity contribution in [2.45, 2.75) is 32.6 Å². The summed E-state index contributed by atoms with van der Waals surface area (Å²) in [7, 11) is 0. The molecule has 1 amide bonds. The number of hydrogen-bond acceptors (Lipinski definition) is 4. The maximum atomic E-state index is 10.3. The summed E-state index contributed by atoms with van der Waals surface area (Å²) in [4.78, 5) is 10.3. The van der Waals surface area contributed by atoms with Crippen LogP contribution in [0.5, 0.6) is 0 Å². The van der Waals surface area contributed by atoms with Gasteiger partial charge in [0.05, 0.1) is 11.8 Å². The van der Waals surface area contributed by atoms with Gasteiger partial charge < -0.3 is 5.32 Å². The maximum Gasteiger partial charge on any atom is 0.227 e. The summed E-state index contributed by atoms with van der Waals surface area (Å²) in [6.07, 6.45) is 6.79. The average molecular weight is 531 g/mol. The van der Waals surface area contributed by atoms with E-state index in [4.69, 9.17) is 23.2 Å².